The second-order valence-corrected chi connectivity index (χ2v) is 8.60. The molecule has 0 aliphatic rings. The highest BCUT2D eigenvalue weighted by Gasteiger charge is 2.14. The van der Waals surface area contributed by atoms with Crippen LogP contribution in [0.25, 0.3) is 11.3 Å². The minimum Gasteiger partial charge on any atom is -0.383 e. The third-order valence-corrected chi connectivity index (χ3v) is 5.67. The Balaban J connectivity index is 1.73. The van der Waals surface area contributed by atoms with Crippen LogP contribution in [-0.2, 0) is 17.6 Å². The number of nitrogens with zero attached hydrogens (tertiary/aromatic N) is 2. The fourth-order valence-electron chi connectivity index (χ4n) is 3.55. The Bertz CT molecular complexity index is 1120. The number of halogens is 3. The van der Waals surface area contributed by atoms with E-state index >= 15 is 0 Å². The number of anilines is 1. The lowest BCUT2D eigenvalue weighted by atomic mass is 9.98. The zero-order valence-corrected chi connectivity index (χ0v) is 20.7. The molecule has 0 bridgehead atoms. The molecule has 6 nitrogen and oxygen atoms in total. The van der Waals surface area contributed by atoms with Crippen LogP contribution in [0, 0.1) is 11.6 Å². The number of methoxy groups -OCH3 is 1. The van der Waals surface area contributed by atoms with E-state index in [0.717, 1.165) is 24.0 Å². The van der Waals surface area contributed by atoms with Gasteiger partial charge in [0, 0.05) is 47.4 Å². The van der Waals surface area contributed by atoms with Crippen molar-refractivity contribution in [2.45, 2.75) is 26.2 Å². The van der Waals surface area contributed by atoms with Gasteiger partial charge in [0.1, 0.15) is 23.8 Å². The van der Waals surface area contributed by atoms with E-state index < -0.39 is 11.6 Å². The van der Waals surface area contributed by atoms with Crippen LogP contribution in [0.1, 0.15) is 34.8 Å². The molecule has 1 amide bonds. The number of rotatable bonds is 11. The Labute approximate surface area is 206 Å². The predicted molar refractivity (Wildman–Crippen MR) is 132 cm³/mol. The van der Waals surface area contributed by atoms with Crippen molar-refractivity contribution < 1.29 is 18.3 Å². The summed E-state index contributed by atoms with van der Waals surface area (Å²) in [5, 5.41) is 5.96. The maximum absolute atomic E-state index is 14.0. The number of nitrogens with one attached hydrogen (secondary N) is 2. The Morgan fingerprint density at radius 3 is 2.53 bits per heavy atom. The van der Waals surface area contributed by atoms with Gasteiger partial charge < -0.3 is 15.4 Å². The molecule has 180 valence electrons. The summed E-state index contributed by atoms with van der Waals surface area (Å²) in [5.74, 6) is -0.774. The number of ether oxygens (including phenoxy) is 1. The van der Waals surface area contributed by atoms with Gasteiger partial charge in [-0.15, -0.1) is 0 Å². The average Bonchev–Trinajstić information content (AvgIpc) is 2.81. The van der Waals surface area contributed by atoms with Crippen molar-refractivity contribution in [3.63, 3.8) is 0 Å². The molecule has 1 aromatic heterocycles. The number of aryl methyl sites for hydroxylation is 1. The standard InChI is InChI=1S/C25H27BrF2N4O2/c1-3-4-16-11-17(5-6-19(16)25(33)30-9-10-34-2)23-14-24(32-15-31-23)29-8-7-20-21(27)12-18(26)13-22(20)28/h5-6,11-15H,3-4,7-10H2,1-2H3,(H,30,33)(H,29,31,32). The second-order valence-electron chi connectivity index (χ2n) is 7.68. The van der Waals surface area contributed by atoms with E-state index in [9.17, 15) is 13.6 Å². The van der Waals surface area contributed by atoms with E-state index in [4.69, 9.17) is 4.74 Å². The quantitative estimate of drug-likeness (QED) is 0.333. The third kappa shape index (κ3) is 6.80. The molecule has 2 N–H and O–H groups in total. The first-order valence-electron chi connectivity index (χ1n) is 11.0. The Hall–Kier alpha value is -2.91. The van der Waals surface area contributed by atoms with Crippen molar-refractivity contribution >= 4 is 27.7 Å². The summed E-state index contributed by atoms with van der Waals surface area (Å²) < 4.78 is 33.4. The number of hydrogen-bond donors (Lipinski definition) is 2. The molecule has 0 fully saturated rings. The van der Waals surface area contributed by atoms with Crippen molar-refractivity contribution in [1.29, 1.82) is 0 Å². The van der Waals surface area contributed by atoms with Crippen LogP contribution in [0.5, 0.6) is 0 Å². The van der Waals surface area contributed by atoms with Gasteiger partial charge in [-0.25, -0.2) is 18.7 Å². The monoisotopic (exact) mass is 532 g/mol. The molecule has 0 unspecified atom stereocenters. The fourth-order valence-corrected chi connectivity index (χ4v) is 3.95. The Kier molecular flexibility index (Phi) is 9.47. The summed E-state index contributed by atoms with van der Waals surface area (Å²) in [7, 11) is 1.59. The minimum absolute atomic E-state index is 0.0218. The third-order valence-electron chi connectivity index (χ3n) is 5.21. The van der Waals surface area contributed by atoms with Crippen LogP contribution in [0.4, 0.5) is 14.6 Å². The Morgan fingerprint density at radius 1 is 1.06 bits per heavy atom. The molecule has 0 saturated heterocycles. The van der Waals surface area contributed by atoms with E-state index in [1.807, 2.05) is 12.1 Å². The molecular formula is C25H27BrF2N4O2. The normalized spacial score (nSPS) is 10.9. The average molecular weight is 533 g/mol. The molecular weight excluding hydrogens is 506 g/mol. The highest BCUT2D eigenvalue weighted by atomic mass is 79.9. The molecule has 34 heavy (non-hydrogen) atoms. The van der Waals surface area contributed by atoms with Crippen molar-refractivity contribution in [2.24, 2.45) is 0 Å². The Morgan fingerprint density at radius 2 is 1.82 bits per heavy atom. The number of benzene rings is 2. The lowest BCUT2D eigenvalue weighted by molar-refractivity contribution is 0.0936. The molecule has 0 spiro atoms. The highest BCUT2D eigenvalue weighted by Crippen LogP contribution is 2.24. The number of amides is 1. The summed E-state index contributed by atoms with van der Waals surface area (Å²) >= 11 is 3.08. The predicted octanol–water partition coefficient (Wildman–Crippen LogP) is 5.17. The molecule has 0 aliphatic heterocycles. The van der Waals surface area contributed by atoms with Gasteiger partial charge in [-0.1, -0.05) is 35.3 Å². The van der Waals surface area contributed by atoms with Crippen molar-refractivity contribution in [3.05, 3.63) is 75.5 Å². The molecule has 0 atom stereocenters. The zero-order chi connectivity index (χ0) is 24.5. The lowest BCUT2D eigenvalue weighted by Crippen LogP contribution is -2.27. The van der Waals surface area contributed by atoms with E-state index in [-0.39, 0.29) is 17.9 Å². The van der Waals surface area contributed by atoms with Crippen LogP contribution in [0.15, 0.2) is 47.2 Å². The summed E-state index contributed by atoms with van der Waals surface area (Å²) in [5.41, 5.74) is 3.12. The molecule has 3 aromatic rings. The number of carbonyl (C=O) groups is 1. The first-order chi connectivity index (χ1) is 16.4. The van der Waals surface area contributed by atoms with Gasteiger partial charge in [0.05, 0.1) is 12.3 Å². The number of aromatic nitrogens is 2. The number of carbonyl (C=O) groups excluding carboxylic acids is 1. The molecule has 0 aliphatic carbocycles. The first kappa shape index (κ1) is 25.7. The van der Waals surface area contributed by atoms with Gasteiger partial charge in [-0.05, 0) is 42.7 Å². The van der Waals surface area contributed by atoms with Crippen LogP contribution < -0.4 is 10.6 Å². The summed E-state index contributed by atoms with van der Waals surface area (Å²) in [6.07, 6.45) is 3.24. The molecule has 1 heterocycles. The van der Waals surface area contributed by atoms with E-state index in [2.05, 4.69) is 43.5 Å². The van der Waals surface area contributed by atoms with E-state index in [0.29, 0.717) is 41.2 Å². The van der Waals surface area contributed by atoms with Gasteiger partial charge in [0.15, 0.2) is 0 Å². The van der Waals surface area contributed by atoms with Crippen molar-refractivity contribution in [2.75, 3.05) is 32.1 Å². The highest BCUT2D eigenvalue weighted by molar-refractivity contribution is 9.10. The smallest absolute Gasteiger partial charge is 0.251 e. The SMILES string of the molecule is CCCc1cc(-c2cc(NCCc3c(F)cc(Br)cc3F)ncn2)ccc1C(=O)NCCOC. The largest absolute Gasteiger partial charge is 0.383 e. The summed E-state index contributed by atoms with van der Waals surface area (Å²) in [6.45, 7) is 3.25. The maximum Gasteiger partial charge on any atom is 0.251 e. The van der Waals surface area contributed by atoms with Gasteiger partial charge in [0.2, 0.25) is 0 Å². The van der Waals surface area contributed by atoms with E-state index in [1.54, 1.807) is 19.2 Å². The first-order valence-corrected chi connectivity index (χ1v) is 11.8. The molecule has 0 saturated carbocycles. The van der Waals surface area contributed by atoms with Gasteiger partial charge in [-0.2, -0.15) is 0 Å². The van der Waals surface area contributed by atoms with E-state index in [1.165, 1.54) is 18.5 Å². The van der Waals surface area contributed by atoms with Crippen LogP contribution >= 0.6 is 15.9 Å². The van der Waals surface area contributed by atoms with Crippen LogP contribution in [0.3, 0.4) is 0 Å². The van der Waals surface area contributed by atoms with Crippen LogP contribution in [0.2, 0.25) is 0 Å². The lowest BCUT2D eigenvalue weighted by Gasteiger charge is -2.12. The van der Waals surface area contributed by atoms with Gasteiger partial charge >= 0.3 is 0 Å². The molecule has 0 radical (unpaired) electrons. The van der Waals surface area contributed by atoms with Crippen molar-refractivity contribution in [3.8, 4) is 11.3 Å². The molecule has 2 aromatic carbocycles. The second kappa shape index (κ2) is 12.5. The van der Waals surface area contributed by atoms with Crippen molar-refractivity contribution in [1.82, 2.24) is 15.3 Å². The van der Waals surface area contributed by atoms with Gasteiger partial charge in [-0.3, -0.25) is 4.79 Å². The molecule has 3 rings (SSSR count). The maximum atomic E-state index is 14.0. The van der Waals surface area contributed by atoms with Crippen LogP contribution in [-0.4, -0.2) is 42.7 Å². The van der Waals surface area contributed by atoms with Gasteiger partial charge in [0.25, 0.3) is 5.91 Å². The zero-order valence-electron chi connectivity index (χ0n) is 19.1. The fraction of sp³-hybridized carbons (Fsp3) is 0.320. The topological polar surface area (TPSA) is 76.1 Å². The summed E-state index contributed by atoms with van der Waals surface area (Å²) in [6, 6.07) is 9.89. The number of hydrogen-bond acceptors (Lipinski definition) is 5. The summed E-state index contributed by atoms with van der Waals surface area (Å²) in [4.78, 5) is 21.1. The molecule has 9 heteroatoms. The minimum atomic E-state index is -0.591.